The Balaban J connectivity index is 2.35. The molecule has 5 heteroatoms. The largest absolute Gasteiger partial charge is 0.507 e. The second kappa shape index (κ2) is 5.67. The summed E-state index contributed by atoms with van der Waals surface area (Å²) in [5.41, 5.74) is 6.53. The maximum Gasteiger partial charge on any atom is 0.227 e. The molecule has 4 N–H and O–H groups in total. The molecule has 0 bridgehead atoms. The Bertz CT molecular complexity index is 695. The fourth-order valence-corrected chi connectivity index (χ4v) is 1.86. The van der Waals surface area contributed by atoms with Crippen molar-refractivity contribution < 1.29 is 15.0 Å². The third-order valence-corrected chi connectivity index (χ3v) is 2.90. The standard InChI is InChI=1S/C15H12ClNO3/c16-11-4-5-13(18)10(6-11)8-14(19)15(20)9-2-1-3-12(17)7-9/h1-8,18-19H,17H2. The number of nitrogen functional groups attached to an aromatic ring is 1. The van der Waals surface area contributed by atoms with Crippen molar-refractivity contribution >= 4 is 29.1 Å². The summed E-state index contributed by atoms with van der Waals surface area (Å²) in [5, 5.41) is 19.9. The van der Waals surface area contributed by atoms with Crippen LogP contribution in [0, 0.1) is 0 Å². The van der Waals surface area contributed by atoms with E-state index in [0.29, 0.717) is 10.7 Å². The lowest BCUT2D eigenvalue weighted by atomic mass is 10.1. The number of hydrogen-bond donors (Lipinski definition) is 3. The number of allylic oxidation sites excluding steroid dienone is 1. The predicted octanol–water partition coefficient (Wildman–Crippen LogP) is 3.41. The van der Waals surface area contributed by atoms with Gasteiger partial charge in [-0.1, -0.05) is 23.7 Å². The Kier molecular flexibility index (Phi) is 3.96. The van der Waals surface area contributed by atoms with Crippen molar-refractivity contribution in [3.8, 4) is 5.75 Å². The quantitative estimate of drug-likeness (QED) is 0.350. The average molecular weight is 290 g/mol. The van der Waals surface area contributed by atoms with Crippen LogP contribution in [0.2, 0.25) is 5.02 Å². The normalized spacial score (nSPS) is 11.3. The van der Waals surface area contributed by atoms with Gasteiger partial charge in [0, 0.05) is 21.8 Å². The summed E-state index contributed by atoms with van der Waals surface area (Å²) in [6.45, 7) is 0. The van der Waals surface area contributed by atoms with E-state index < -0.39 is 11.5 Å². The van der Waals surface area contributed by atoms with Crippen LogP contribution >= 0.6 is 11.6 Å². The summed E-state index contributed by atoms with van der Waals surface area (Å²) >= 11 is 5.79. The molecule has 2 aromatic rings. The van der Waals surface area contributed by atoms with E-state index in [1.165, 1.54) is 24.3 Å². The van der Waals surface area contributed by atoms with E-state index in [4.69, 9.17) is 17.3 Å². The maximum atomic E-state index is 12.0. The number of phenolic OH excluding ortho intramolecular Hbond substituents is 1. The Hall–Kier alpha value is -2.46. The monoisotopic (exact) mass is 289 g/mol. The van der Waals surface area contributed by atoms with Crippen LogP contribution in [0.1, 0.15) is 15.9 Å². The summed E-state index contributed by atoms with van der Waals surface area (Å²) < 4.78 is 0. The maximum absolute atomic E-state index is 12.0. The van der Waals surface area contributed by atoms with Crippen LogP contribution < -0.4 is 5.73 Å². The van der Waals surface area contributed by atoms with Gasteiger partial charge in [0.1, 0.15) is 5.75 Å². The number of aliphatic hydroxyl groups excluding tert-OH is 1. The summed E-state index contributed by atoms with van der Waals surface area (Å²) in [5.74, 6) is -1.17. The van der Waals surface area contributed by atoms with Gasteiger partial charge in [-0.25, -0.2) is 0 Å². The van der Waals surface area contributed by atoms with Gasteiger partial charge < -0.3 is 15.9 Å². The molecular formula is C15H12ClNO3. The van der Waals surface area contributed by atoms with Gasteiger partial charge in [-0.15, -0.1) is 0 Å². The number of halogens is 1. The highest BCUT2D eigenvalue weighted by Gasteiger charge is 2.12. The highest BCUT2D eigenvalue weighted by atomic mass is 35.5. The van der Waals surface area contributed by atoms with Crippen molar-refractivity contribution in [3.05, 3.63) is 64.4 Å². The van der Waals surface area contributed by atoms with Crippen molar-refractivity contribution in [2.45, 2.75) is 0 Å². The first-order valence-corrected chi connectivity index (χ1v) is 6.14. The highest BCUT2D eigenvalue weighted by Crippen LogP contribution is 2.24. The number of benzene rings is 2. The zero-order valence-electron chi connectivity index (χ0n) is 10.4. The predicted molar refractivity (Wildman–Crippen MR) is 78.9 cm³/mol. The fourth-order valence-electron chi connectivity index (χ4n) is 1.68. The molecule has 0 aromatic heterocycles. The molecule has 0 spiro atoms. The van der Waals surface area contributed by atoms with E-state index in [9.17, 15) is 15.0 Å². The van der Waals surface area contributed by atoms with Gasteiger partial charge in [0.25, 0.3) is 0 Å². The zero-order chi connectivity index (χ0) is 14.7. The fraction of sp³-hybridized carbons (Fsp3) is 0. The lowest BCUT2D eigenvalue weighted by Crippen LogP contribution is -2.03. The minimum absolute atomic E-state index is 0.0821. The summed E-state index contributed by atoms with van der Waals surface area (Å²) in [4.78, 5) is 12.0. The van der Waals surface area contributed by atoms with Gasteiger partial charge >= 0.3 is 0 Å². The van der Waals surface area contributed by atoms with Crippen LogP contribution in [0.15, 0.2) is 48.2 Å². The Morgan fingerprint density at radius 1 is 1.20 bits per heavy atom. The number of ketones is 1. The van der Waals surface area contributed by atoms with Crippen LogP contribution in [0.5, 0.6) is 5.75 Å². The lowest BCUT2D eigenvalue weighted by molar-refractivity contribution is 0.0980. The molecule has 0 heterocycles. The van der Waals surface area contributed by atoms with Crippen molar-refractivity contribution in [3.63, 3.8) is 0 Å². The first-order valence-electron chi connectivity index (χ1n) is 5.77. The van der Waals surface area contributed by atoms with Crippen molar-refractivity contribution in [1.29, 1.82) is 0 Å². The molecule has 20 heavy (non-hydrogen) atoms. The topological polar surface area (TPSA) is 83.6 Å². The van der Waals surface area contributed by atoms with Gasteiger partial charge in [0.05, 0.1) is 0 Å². The number of anilines is 1. The first kappa shape index (κ1) is 14.0. The Morgan fingerprint density at radius 2 is 1.95 bits per heavy atom. The number of aromatic hydroxyl groups is 1. The second-order valence-electron chi connectivity index (χ2n) is 4.19. The molecular weight excluding hydrogens is 278 g/mol. The molecule has 0 saturated carbocycles. The molecule has 0 aliphatic rings. The van der Waals surface area contributed by atoms with E-state index in [1.54, 1.807) is 18.2 Å². The first-order chi connectivity index (χ1) is 9.47. The van der Waals surface area contributed by atoms with Crippen LogP contribution in [0.25, 0.3) is 6.08 Å². The number of nitrogens with two attached hydrogens (primary N) is 1. The van der Waals surface area contributed by atoms with E-state index in [1.807, 2.05) is 0 Å². The lowest BCUT2D eigenvalue weighted by Gasteiger charge is -2.03. The summed E-state index contributed by atoms with van der Waals surface area (Å²) in [7, 11) is 0. The number of hydrogen-bond acceptors (Lipinski definition) is 4. The van der Waals surface area contributed by atoms with Gasteiger partial charge in [-0.05, 0) is 36.4 Å². The third kappa shape index (κ3) is 3.10. The number of phenols is 1. The van der Waals surface area contributed by atoms with E-state index in [0.717, 1.165) is 6.08 Å². The van der Waals surface area contributed by atoms with Gasteiger partial charge in [0.15, 0.2) is 5.76 Å². The second-order valence-corrected chi connectivity index (χ2v) is 4.62. The smallest absolute Gasteiger partial charge is 0.227 e. The Labute approximate surface area is 120 Å². The summed E-state index contributed by atoms with van der Waals surface area (Å²) in [6.07, 6.45) is 1.16. The number of rotatable bonds is 3. The average Bonchev–Trinajstić information content (AvgIpc) is 2.42. The van der Waals surface area contributed by atoms with E-state index in [-0.39, 0.29) is 16.9 Å². The molecule has 0 saturated heterocycles. The number of carbonyl (C=O) groups excluding carboxylic acids is 1. The van der Waals surface area contributed by atoms with Crippen LogP contribution in [0.4, 0.5) is 5.69 Å². The molecule has 0 fully saturated rings. The Morgan fingerprint density at radius 3 is 2.65 bits per heavy atom. The number of carbonyl (C=O) groups is 1. The van der Waals surface area contributed by atoms with Crippen molar-refractivity contribution in [2.75, 3.05) is 5.73 Å². The molecule has 4 nitrogen and oxygen atoms in total. The van der Waals surface area contributed by atoms with Crippen LogP contribution in [0.3, 0.4) is 0 Å². The van der Waals surface area contributed by atoms with Gasteiger partial charge in [-0.3, -0.25) is 4.79 Å². The van der Waals surface area contributed by atoms with Crippen molar-refractivity contribution in [2.24, 2.45) is 0 Å². The molecule has 102 valence electrons. The molecule has 0 unspecified atom stereocenters. The van der Waals surface area contributed by atoms with Crippen LogP contribution in [-0.4, -0.2) is 16.0 Å². The SMILES string of the molecule is Nc1cccc(C(=O)C(O)=Cc2cc(Cl)ccc2O)c1. The van der Waals surface area contributed by atoms with E-state index >= 15 is 0 Å². The summed E-state index contributed by atoms with van der Waals surface area (Å²) in [6, 6.07) is 10.6. The van der Waals surface area contributed by atoms with Crippen molar-refractivity contribution in [1.82, 2.24) is 0 Å². The van der Waals surface area contributed by atoms with Crippen LogP contribution in [-0.2, 0) is 0 Å². The number of aliphatic hydroxyl groups is 1. The van der Waals surface area contributed by atoms with Gasteiger partial charge in [-0.2, -0.15) is 0 Å². The molecule has 2 rings (SSSR count). The molecule has 0 amide bonds. The molecule has 2 aromatic carbocycles. The van der Waals surface area contributed by atoms with E-state index in [2.05, 4.69) is 0 Å². The molecule has 0 aliphatic carbocycles. The minimum atomic E-state index is -0.586. The molecule has 0 aliphatic heterocycles. The third-order valence-electron chi connectivity index (χ3n) is 2.66. The minimum Gasteiger partial charge on any atom is -0.507 e. The molecule has 0 atom stereocenters. The molecule has 0 radical (unpaired) electrons. The zero-order valence-corrected chi connectivity index (χ0v) is 11.1. The van der Waals surface area contributed by atoms with Gasteiger partial charge in [0.2, 0.25) is 5.78 Å². The highest BCUT2D eigenvalue weighted by molar-refractivity contribution is 6.30. The number of Topliss-reactive ketones (excluding diaryl/α,β-unsaturated/α-hetero) is 1.